The largest absolute Gasteiger partial charge is 0.394 e. The topological polar surface area (TPSA) is 86.0 Å². The Morgan fingerprint density at radius 3 is 2.65 bits per heavy atom. The molecule has 0 spiro atoms. The molecule has 0 amide bonds. The van der Waals surface area contributed by atoms with E-state index in [2.05, 4.69) is 0 Å². The summed E-state index contributed by atoms with van der Waals surface area (Å²) in [5.74, 6) is 0.543. The van der Waals surface area contributed by atoms with Gasteiger partial charge >= 0.3 is 0 Å². The van der Waals surface area contributed by atoms with Gasteiger partial charge in [-0.05, 0) is 12.5 Å². The van der Waals surface area contributed by atoms with Crippen LogP contribution < -0.4 is 15.4 Å². The molecule has 2 N–H and O–H groups in total. The van der Waals surface area contributed by atoms with Crippen LogP contribution in [0.25, 0.3) is 0 Å². The Morgan fingerprint density at radius 1 is 1.23 bits per heavy atom. The maximum Gasteiger partial charge on any atom is 0.252 e. The number of carbonyl (C=O) groups is 1. The number of aromatic nitrogens is 1. The number of ketones is 1. The summed E-state index contributed by atoms with van der Waals surface area (Å²) in [4.78, 5) is 28.7. The first-order valence-electron chi connectivity index (χ1n) is 8.66. The number of aliphatic hydroxyl groups is 2. The number of rotatable bonds is 4. The van der Waals surface area contributed by atoms with Crippen molar-refractivity contribution in [3.05, 3.63) is 57.9 Å². The molecule has 2 atom stereocenters. The SMILES string of the molecule is Cc1cc(=O)n2c3c1N(CC(=O)c1ccccc1)CC(O)N3C[C@H]2CO. The molecule has 0 saturated carbocycles. The van der Waals surface area contributed by atoms with Crippen LogP contribution in [0.4, 0.5) is 11.5 Å². The highest BCUT2D eigenvalue weighted by Crippen LogP contribution is 2.42. The number of hydrogen-bond donors (Lipinski definition) is 2. The summed E-state index contributed by atoms with van der Waals surface area (Å²) >= 11 is 0. The Morgan fingerprint density at radius 2 is 1.96 bits per heavy atom. The van der Waals surface area contributed by atoms with Crippen molar-refractivity contribution in [2.24, 2.45) is 0 Å². The summed E-state index contributed by atoms with van der Waals surface area (Å²) in [7, 11) is 0. The second-order valence-corrected chi connectivity index (χ2v) is 6.85. The first kappa shape index (κ1) is 16.8. The van der Waals surface area contributed by atoms with Gasteiger partial charge in [0.15, 0.2) is 5.78 Å². The summed E-state index contributed by atoms with van der Waals surface area (Å²) in [5.41, 5.74) is 1.94. The van der Waals surface area contributed by atoms with Crippen molar-refractivity contribution >= 4 is 17.3 Å². The lowest BCUT2D eigenvalue weighted by atomic mass is 10.1. The number of anilines is 2. The fraction of sp³-hybridized carbons (Fsp3) is 0.368. The number of Topliss-reactive ketones (excluding diaryl/α,β-unsaturated/α-hetero) is 1. The monoisotopic (exact) mass is 355 g/mol. The van der Waals surface area contributed by atoms with E-state index in [1.807, 2.05) is 30.0 Å². The third-order valence-electron chi connectivity index (χ3n) is 5.14. The number of carbonyl (C=O) groups excluding carboxylic acids is 1. The quantitative estimate of drug-likeness (QED) is 0.779. The van der Waals surface area contributed by atoms with Gasteiger partial charge in [-0.15, -0.1) is 0 Å². The molecule has 1 unspecified atom stereocenters. The molecular formula is C19H21N3O4. The van der Waals surface area contributed by atoms with E-state index in [9.17, 15) is 19.8 Å². The van der Waals surface area contributed by atoms with E-state index in [1.54, 1.807) is 17.0 Å². The highest BCUT2D eigenvalue weighted by molar-refractivity contribution is 6.00. The standard InChI is InChI=1S/C19H21N3O4/c1-12-7-16(25)22-14(11-23)8-21-17(26)10-20(18(12)19(21)22)9-15(24)13-5-3-2-4-6-13/h2-7,14,17,23,26H,8-11H2,1H3/t14-,17?/m0/s1. The normalized spacial score (nSPS) is 21.0. The summed E-state index contributed by atoms with van der Waals surface area (Å²) in [5, 5.41) is 20.2. The Labute approximate surface area is 150 Å². The molecule has 136 valence electrons. The van der Waals surface area contributed by atoms with Crippen molar-refractivity contribution in [1.29, 1.82) is 0 Å². The van der Waals surface area contributed by atoms with E-state index in [0.29, 0.717) is 17.9 Å². The molecule has 7 nitrogen and oxygen atoms in total. The molecular weight excluding hydrogens is 334 g/mol. The minimum atomic E-state index is -0.838. The van der Waals surface area contributed by atoms with E-state index in [0.717, 1.165) is 11.3 Å². The van der Waals surface area contributed by atoms with Gasteiger partial charge in [-0.25, -0.2) is 0 Å². The molecule has 1 aromatic heterocycles. The van der Waals surface area contributed by atoms with Crippen LogP contribution in [0.3, 0.4) is 0 Å². The number of benzene rings is 1. The van der Waals surface area contributed by atoms with E-state index in [-0.39, 0.29) is 31.0 Å². The van der Waals surface area contributed by atoms with Gasteiger partial charge in [0.25, 0.3) is 5.56 Å². The van der Waals surface area contributed by atoms with Gasteiger partial charge in [-0.1, -0.05) is 30.3 Å². The van der Waals surface area contributed by atoms with E-state index in [4.69, 9.17) is 0 Å². The molecule has 26 heavy (non-hydrogen) atoms. The Hall–Kier alpha value is -2.64. The average Bonchev–Trinajstić information content (AvgIpc) is 3.02. The predicted molar refractivity (Wildman–Crippen MR) is 97.9 cm³/mol. The van der Waals surface area contributed by atoms with Gasteiger partial charge in [-0.3, -0.25) is 14.2 Å². The third-order valence-corrected chi connectivity index (χ3v) is 5.14. The minimum absolute atomic E-state index is 0.0488. The van der Waals surface area contributed by atoms with Gasteiger partial charge < -0.3 is 20.0 Å². The average molecular weight is 355 g/mol. The number of pyridine rings is 1. The molecule has 4 rings (SSSR count). The molecule has 0 aliphatic carbocycles. The molecule has 2 aliphatic rings. The van der Waals surface area contributed by atoms with Crippen LogP contribution in [-0.4, -0.2) is 53.0 Å². The number of aryl methyl sites for hydroxylation is 1. The molecule has 2 aliphatic heterocycles. The predicted octanol–water partition coefficient (Wildman–Crippen LogP) is 0.531. The lowest BCUT2D eigenvalue weighted by Gasteiger charge is -2.40. The highest BCUT2D eigenvalue weighted by Gasteiger charge is 2.41. The Bertz CT molecular complexity index is 909. The third kappa shape index (κ3) is 2.51. The van der Waals surface area contributed by atoms with Gasteiger partial charge in [0.1, 0.15) is 12.0 Å². The van der Waals surface area contributed by atoms with Crippen LogP contribution in [0.5, 0.6) is 0 Å². The first-order valence-corrected chi connectivity index (χ1v) is 8.66. The smallest absolute Gasteiger partial charge is 0.252 e. The van der Waals surface area contributed by atoms with Gasteiger partial charge in [0.2, 0.25) is 0 Å². The second-order valence-electron chi connectivity index (χ2n) is 6.85. The summed E-state index contributed by atoms with van der Waals surface area (Å²) in [6.45, 7) is 2.42. The lowest BCUT2D eigenvalue weighted by molar-refractivity contribution is 0.0993. The lowest BCUT2D eigenvalue weighted by Crippen LogP contribution is -2.50. The summed E-state index contributed by atoms with van der Waals surface area (Å²) in [6, 6.07) is 10.2. The zero-order valence-electron chi connectivity index (χ0n) is 14.5. The molecule has 0 saturated heterocycles. The van der Waals surface area contributed by atoms with E-state index < -0.39 is 12.3 Å². The zero-order chi connectivity index (χ0) is 18.4. The van der Waals surface area contributed by atoms with Crippen molar-refractivity contribution in [3.8, 4) is 0 Å². The Balaban J connectivity index is 1.77. The molecule has 3 heterocycles. The van der Waals surface area contributed by atoms with Crippen LogP contribution in [0.15, 0.2) is 41.2 Å². The second kappa shape index (κ2) is 6.26. The van der Waals surface area contributed by atoms with Gasteiger partial charge in [0.05, 0.1) is 31.4 Å². The number of aliphatic hydroxyl groups excluding tert-OH is 2. The van der Waals surface area contributed by atoms with Crippen molar-refractivity contribution in [2.75, 3.05) is 36.0 Å². The molecule has 0 bridgehead atoms. The van der Waals surface area contributed by atoms with Crippen molar-refractivity contribution < 1.29 is 15.0 Å². The van der Waals surface area contributed by atoms with Crippen LogP contribution >= 0.6 is 0 Å². The fourth-order valence-electron chi connectivity index (χ4n) is 3.95. The summed E-state index contributed by atoms with van der Waals surface area (Å²) in [6.07, 6.45) is -0.838. The molecule has 2 aromatic rings. The molecule has 0 fully saturated rings. The zero-order valence-corrected chi connectivity index (χ0v) is 14.5. The minimum Gasteiger partial charge on any atom is -0.394 e. The van der Waals surface area contributed by atoms with Crippen molar-refractivity contribution in [2.45, 2.75) is 19.2 Å². The fourth-order valence-corrected chi connectivity index (χ4v) is 3.95. The van der Waals surface area contributed by atoms with Crippen molar-refractivity contribution in [3.63, 3.8) is 0 Å². The Kier molecular flexibility index (Phi) is 4.05. The molecule has 1 aromatic carbocycles. The molecule has 0 radical (unpaired) electrons. The first-order chi connectivity index (χ1) is 12.5. The summed E-state index contributed by atoms with van der Waals surface area (Å²) < 4.78 is 1.53. The number of nitrogens with zero attached hydrogens (tertiary/aromatic N) is 3. The van der Waals surface area contributed by atoms with Crippen LogP contribution in [0.1, 0.15) is 22.0 Å². The molecule has 7 heteroatoms. The van der Waals surface area contributed by atoms with Gasteiger partial charge in [-0.2, -0.15) is 0 Å². The van der Waals surface area contributed by atoms with Crippen molar-refractivity contribution in [1.82, 2.24) is 4.57 Å². The van der Waals surface area contributed by atoms with Crippen LogP contribution in [-0.2, 0) is 0 Å². The van der Waals surface area contributed by atoms with Gasteiger partial charge in [0, 0.05) is 18.2 Å². The van der Waals surface area contributed by atoms with E-state index >= 15 is 0 Å². The highest BCUT2D eigenvalue weighted by atomic mass is 16.3. The van der Waals surface area contributed by atoms with Crippen LogP contribution in [0.2, 0.25) is 0 Å². The maximum atomic E-state index is 12.7. The number of β-amino-alcohol motifs (C(OH)–C–C–N with tert-alkyl or cyclic N) is 1. The maximum absolute atomic E-state index is 12.7. The van der Waals surface area contributed by atoms with Crippen LogP contribution in [0, 0.1) is 6.92 Å². The number of hydrogen-bond acceptors (Lipinski definition) is 6. The van der Waals surface area contributed by atoms with E-state index in [1.165, 1.54) is 10.6 Å².